The van der Waals surface area contributed by atoms with E-state index in [1.165, 1.54) is 0 Å². The van der Waals surface area contributed by atoms with E-state index in [4.69, 9.17) is 9.84 Å². The highest BCUT2D eigenvalue weighted by Crippen LogP contribution is 2.21. The lowest BCUT2D eigenvalue weighted by Gasteiger charge is -2.09. The van der Waals surface area contributed by atoms with Gasteiger partial charge in [0.25, 0.3) is 5.91 Å². The standard InChI is InChI=1S/C11H14BrNO3/c1-8-6-9(12)2-3-10(8)16-7-11(15)13-4-5-14/h2-3,6,14H,4-5,7H2,1H3,(H,13,15). The largest absolute Gasteiger partial charge is 0.484 e. The van der Waals surface area contributed by atoms with Crippen LogP contribution in [0.1, 0.15) is 5.56 Å². The monoisotopic (exact) mass is 287 g/mol. The average molecular weight is 288 g/mol. The first-order valence-electron chi connectivity index (χ1n) is 4.90. The van der Waals surface area contributed by atoms with Crippen molar-refractivity contribution >= 4 is 21.8 Å². The summed E-state index contributed by atoms with van der Waals surface area (Å²) in [6, 6.07) is 5.58. The Morgan fingerprint density at radius 1 is 1.56 bits per heavy atom. The second-order valence-electron chi connectivity index (χ2n) is 3.27. The maximum atomic E-state index is 11.2. The van der Waals surface area contributed by atoms with Crippen molar-refractivity contribution < 1.29 is 14.6 Å². The third-order valence-electron chi connectivity index (χ3n) is 1.93. The van der Waals surface area contributed by atoms with Gasteiger partial charge in [-0.3, -0.25) is 4.79 Å². The molecular weight excluding hydrogens is 274 g/mol. The molecule has 5 heteroatoms. The van der Waals surface area contributed by atoms with Crippen LogP contribution in [0.5, 0.6) is 5.75 Å². The molecule has 0 fully saturated rings. The Kier molecular flexibility index (Phi) is 5.28. The van der Waals surface area contributed by atoms with E-state index in [0.29, 0.717) is 5.75 Å². The highest BCUT2D eigenvalue weighted by Gasteiger charge is 2.04. The van der Waals surface area contributed by atoms with Crippen molar-refractivity contribution in [1.82, 2.24) is 5.32 Å². The van der Waals surface area contributed by atoms with E-state index >= 15 is 0 Å². The van der Waals surface area contributed by atoms with Gasteiger partial charge in [0.2, 0.25) is 0 Å². The van der Waals surface area contributed by atoms with Crippen LogP contribution in [0.2, 0.25) is 0 Å². The summed E-state index contributed by atoms with van der Waals surface area (Å²) in [6.45, 7) is 2.05. The lowest BCUT2D eigenvalue weighted by Crippen LogP contribution is -2.31. The molecule has 1 rings (SSSR count). The maximum absolute atomic E-state index is 11.2. The van der Waals surface area contributed by atoms with Crippen molar-refractivity contribution in [2.24, 2.45) is 0 Å². The van der Waals surface area contributed by atoms with E-state index in [1.807, 2.05) is 19.1 Å². The fourth-order valence-electron chi connectivity index (χ4n) is 1.16. The molecule has 0 saturated heterocycles. The first-order valence-corrected chi connectivity index (χ1v) is 5.69. The summed E-state index contributed by atoms with van der Waals surface area (Å²) in [4.78, 5) is 11.2. The van der Waals surface area contributed by atoms with E-state index in [1.54, 1.807) is 6.07 Å². The molecule has 0 atom stereocenters. The van der Waals surface area contributed by atoms with E-state index < -0.39 is 0 Å². The minimum Gasteiger partial charge on any atom is -0.484 e. The van der Waals surface area contributed by atoms with Crippen LogP contribution >= 0.6 is 15.9 Å². The molecule has 1 aromatic carbocycles. The van der Waals surface area contributed by atoms with Gasteiger partial charge in [-0.1, -0.05) is 15.9 Å². The van der Waals surface area contributed by atoms with Crippen molar-refractivity contribution in [2.45, 2.75) is 6.92 Å². The Hall–Kier alpha value is -1.07. The summed E-state index contributed by atoms with van der Waals surface area (Å²) in [6.07, 6.45) is 0. The number of halogens is 1. The highest BCUT2D eigenvalue weighted by atomic mass is 79.9. The summed E-state index contributed by atoms with van der Waals surface area (Å²) < 4.78 is 6.31. The fraction of sp³-hybridized carbons (Fsp3) is 0.364. The van der Waals surface area contributed by atoms with E-state index in [0.717, 1.165) is 10.0 Å². The minimum absolute atomic E-state index is 0.0392. The van der Waals surface area contributed by atoms with Gasteiger partial charge in [-0.15, -0.1) is 0 Å². The number of nitrogens with one attached hydrogen (secondary N) is 1. The Labute approximate surface area is 103 Å². The molecule has 4 nitrogen and oxygen atoms in total. The normalized spacial score (nSPS) is 9.94. The smallest absolute Gasteiger partial charge is 0.258 e. The summed E-state index contributed by atoms with van der Waals surface area (Å²) in [5.74, 6) is 0.443. The van der Waals surface area contributed by atoms with Gasteiger partial charge in [0.15, 0.2) is 6.61 Å². The third kappa shape index (κ3) is 4.20. The van der Waals surface area contributed by atoms with Gasteiger partial charge in [0.1, 0.15) is 5.75 Å². The molecule has 1 amide bonds. The van der Waals surface area contributed by atoms with Gasteiger partial charge in [-0.2, -0.15) is 0 Å². The van der Waals surface area contributed by atoms with Crippen LogP contribution < -0.4 is 10.1 Å². The Morgan fingerprint density at radius 3 is 2.94 bits per heavy atom. The zero-order valence-corrected chi connectivity index (χ0v) is 10.6. The van der Waals surface area contributed by atoms with Crippen molar-refractivity contribution in [3.63, 3.8) is 0 Å². The molecule has 0 unspecified atom stereocenters. The number of rotatable bonds is 5. The number of aliphatic hydroxyl groups is 1. The second kappa shape index (κ2) is 6.50. The van der Waals surface area contributed by atoms with Crippen molar-refractivity contribution in [2.75, 3.05) is 19.8 Å². The number of hydrogen-bond donors (Lipinski definition) is 2. The number of aryl methyl sites for hydroxylation is 1. The molecule has 0 aliphatic heterocycles. The molecule has 1 aromatic rings. The summed E-state index contributed by atoms with van der Waals surface area (Å²) in [5.41, 5.74) is 0.962. The predicted octanol–water partition coefficient (Wildman–Crippen LogP) is 1.24. The number of amides is 1. The van der Waals surface area contributed by atoms with Crippen molar-refractivity contribution in [3.8, 4) is 5.75 Å². The lowest BCUT2D eigenvalue weighted by molar-refractivity contribution is -0.123. The highest BCUT2D eigenvalue weighted by molar-refractivity contribution is 9.10. The molecule has 0 radical (unpaired) electrons. The van der Waals surface area contributed by atoms with Gasteiger partial charge >= 0.3 is 0 Å². The number of ether oxygens (including phenoxy) is 1. The molecule has 0 aromatic heterocycles. The van der Waals surface area contributed by atoms with Gasteiger partial charge in [0.05, 0.1) is 6.61 Å². The van der Waals surface area contributed by atoms with Crippen molar-refractivity contribution in [3.05, 3.63) is 28.2 Å². The predicted molar refractivity (Wildman–Crippen MR) is 64.5 cm³/mol. The molecule has 0 saturated carbocycles. The van der Waals surface area contributed by atoms with Gasteiger partial charge in [-0.05, 0) is 30.7 Å². The van der Waals surface area contributed by atoms with Crippen LogP contribution in [0.15, 0.2) is 22.7 Å². The zero-order valence-electron chi connectivity index (χ0n) is 9.00. The lowest BCUT2D eigenvalue weighted by atomic mass is 10.2. The molecule has 0 spiro atoms. The first kappa shape index (κ1) is 13.0. The third-order valence-corrected chi connectivity index (χ3v) is 2.42. The quantitative estimate of drug-likeness (QED) is 0.857. The summed E-state index contributed by atoms with van der Waals surface area (Å²) in [5, 5.41) is 11.0. The van der Waals surface area contributed by atoms with E-state index in [2.05, 4.69) is 21.2 Å². The van der Waals surface area contributed by atoms with Crippen LogP contribution in [0.3, 0.4) is 0 Å². The molecule has 2 N–H and O–H groups in total. The molecule has 0 bridgehead atoms. The van der Waals surface area contributed by atoms with Crippen LogP contribution in [0.4, 0.5) is 0 Å². The average Bonchev–Trinajstić information content (AvgIpc) is 2.25. The number of aliphatic hydroxyl groups excluding tert-OH is 1. The first-order chi connectivity index (χ1) is 7.63. The number of benzene rings is 1. The molecule has 0 heterocycles. The van der Waals surface area contributed by atoms with Gasteiger partial charge in [0, 0.05) is 11.0 Å². The van der Waals surface area contributed by atoms with Crippen LogP contribution in [0, 0.1) is 6.92 Å². The topological polar surface area (TPSA) is 58.6 Å². The van der Waals surface area contributed by atoms with Gasteiger partial charge < -0.3 is 15.2 Å². The molecule has 0 aliphatic carbocycles. The zero-order chi connectivity index (χ0) is 12.0. The Bertz CT molecular complexity index is 368. The number of hydrogen-bond acceptors (Lipinski definition) is 3. The molecule has 16 heavy (non-hydrogen) atoms. The molecule has 88 valence electrons. The van der Waals surface area contributed by atoms with Crippen LogP contribution in [-0.4, -0.2) is 30.8 Å². The fourth-order valence-corrected chi connectivity index (χ4v) is 1.64. The minimum atomic E-state index is -0.239. The van der Waals surface area contributed by atoms with Gasteiger partial charge in [-0.25, -0.2) is 0 Å². The summed E-state index contributed by atoms with van der Waals surface area (Å²) in [7, 11) is 0. The van der Waals surface area contributed by atoms with E-state index in [9.17, 15) is 4.79 Å². The Balaban J connectivity index is 2.45. The van der Waals surface area contributed by atoms with Crippen LogP contribution in [0.25, 0.3) is 0 Å². The maximum Gasteiger partial charge on any atom is 0.258 e. The van der Waals surface area contributed by atoms with E-state index in [-0.39, 0.29) is 25.7 Å². The van der Waals surface area contributed by atoms with Crippen LogP contribution in [-0.2, 0) is 4.79 Å². The second-order valence-corrected chi connectivity index (χ2v) is 4.19. The summed E-state index contributed by atoms with van der Waals surface area (Å²) >= 11 is 3.35. The van der Waals surface area contributed by atoms with Crippen molar-refractivity contribution in [1.29, 1.82) is 0 Å². The Morgan fingerprint density at radius 2 is 2.31 bits per heavy atom. The SMILES string of the molecule is Cc1cc(Br)ccc1OCC(=O)NCCO. The molecule has 0 aliphatic rings. The number of carbonyl (C=O) groups excluding carboxylic acids is 1. The molecular formula is C11H14BrNO3. The number of carbonyl (C=O) groups is 1.